The molecule has 1 heterocycles. The Morgan fingerprint density at radius 2 is 2.00 bits per heavy atom. The maximum absolute atomic E-state index is 5.58. The SMILES string of the molecule is Nc1ccc(Cn2ccnc2)cc1. The molecule has 0 fully saturated rings. The van der Waals surface area contributed by atoms with E-state index in [-0.39, 0.29) is 0 Å². The van der Waals surface area contributed by atoms with Crippen LogP contribution in [0.5, 0.6) is 0 Å². The van der Waals surface area contributed by atoms with Gasteiger partial charge in [0.2, 0.25) is 0 Å². The first-order chi connectivity index (χ1) is 6.34. The van der Waals surface area contributed by atoms with E-state index < -0.39 is 0 Å². The van der Waals surface area contributed by atoms with Gasteiger partial charge < -0.3 is 10.3 Å². The molecule has 1 aromatic heterocycles. The lowest BCUT2D eigenvalue weighted by Gasteiger charge is -2.02. The standard InChI is InChI=1S/C10H11N3/c11-10-3-1-9(2-4-10)7-13-6-5-12-8-13/h1-6,8H,7,11H2. The summed E-state index contributed by atoms with van der Waals surface area (Å²) in [5, 5.41) is 0. The van der Waals surface area contributed by atoms with Crippen molar-refractivity contribution in [1.82, 2.24) is 9.55 Å². The predicted octanol–water partition coefficient (Wildman–Crippen LogP) is 1.51. The Hall–Kier alpha value is -1.77. The molecule has 2 N–H and O–H groups in total. The number of anilines is 1. The highest BCUT2D eigenvalue weighted by Crippen LogP contribution is 2.06. The zero-order valence-electron chi connectivity index (χ0n) is 7.22. The summed E-state index contributed by atoms with van der Waals surface area (Å²) in [7, 11) is 0. The minimum absolute atomic E-state index is 0.800. The quantitative estimate of drug-likeness (QED) is 0.699. The van der Waals surface area contributed by atoms with Crippen LogP contribution in [0.2, 0.25) is 0 Å². The van der Waals surface area contributed by atoms with E-state index in [0.717, 1.165) is 12.2 Å². The van der Waals surface area contributed by atoms with Crippen molar-refractivity contribution in [2.75, 3.05) is 5.73 Å². The van der Waals surface area contributed by atoms with Gasteiger partial charge in [-0.05, 0) is 17.7 Å². The number of hydrogen-bond acceptors (Lipinski definition) is 2. The first kappa shape index (κ1) is 7.86. The molecule has 0 unspecified atom stereocenters. The van der Waals surface area contributed by atoms with E-state index in [1.165, 1.54) is 5.56 Å². The van der Waals surface area contributed by atoms with Gasteiger partial charge in [0, 0.05) is 24.6 Å². The van der Waals surface area contributed by atoms with Gasteiger partial charge in [0.15, 0.2) is 0 Å². The molecule has 0 spiro atoms. The number of hydrogen-bond donors (Lipinski definition) is 1. The largest absolute Gasteiger partial charge is 0.399 e. The lowest BCUT2D eigenvalue weighted by molar-refractivity contribution is 0.797. The highest BCUT2D eigenvalue weighted by atomic mass is 15.0. The van der Waals surface area contributed by atoms with Gasteiger partial charge in [-0.2, -0.15) is 0 Å². The second-order valence-corrected chi connectivity index (χ2v) is 2.98. The lowest BCUT2D eigenvalue weighted by Crippen LogP contribution is -1.96. The summed E-state index contributed by atoms with van der Waals surface area (Å²) in [6.07, 6.45) is 5.52. The molecule has 0 aliphatic carbocycles. The molecule has 0 radical (unpaired) electrons. The minimum atomic E-state index is 0.800. The van der Waals surface area contributed by atoms with Crippen molar-refractivity contribution in [2.24, 2.45) is 0 Å². The molecule has 3 nitrogen and oxygen atoms in total. The van der Waals surface area contributed by atoms with Gasteiger partial charge in [-0.15, -0.1) is 0 Å². The summed E-state index contributed by atoms with van der Waals surface area (Å²) >= 11 is 0. The fourth-order valence-electron chi connectivity index (χ4n) is 1.21. The summed E-state index contributed by atoms with van der Waals surface area (Å²) in [5.41, 5.74) is 7.61. The van der Waals surface area contributed by atoms with E-state index in [1.54, 1.807) is 12.5 Å². The van der Waals surface area contributed by atoms with E-state index >= 15 is 0 Å². The van der Waals surface area contributed by atoms with Crippen LogP contribution in [0.1, 0.15) is 5.56 Å². The van der Waals surface area contributed by atoms with Gasteiger partial charge in [-0.25, -0.2) is 4.98 Å². The molecule has 0 saturated carbocycles. The zero-order valence-corrected chi connectivity index (χ0v) is 7.22. The fourth-order valence-corrected chi connectivity index (χ4v) is 1.21. The van der Waals surface area contributed by atoms with Crippen LogP contribution in [0.25, 0.3) is 0 Å². The Bertz CT molecular complexity index is 362. The molecule has 0 amide bonds. The average molecular weight is 173 g/mol. The van der Waals surface area contributed by atoms with E-state index in [9.17, 15) is 0 Å². The van der Waals surface area contributed by atoms with E-state index in [2.05, 4.69) is 4.98 Å². The fraction of sp³-hybridized carbons (Fsp3) is 0.100. The van der Waals surface area contributed by atoms with Gasteiger partial charge in [-0.1, -0.05) is 12.1 Å². The molecule has 3 heteroatoms. The predicted molar refractivity (Wildman–Crippen MR) is 52.2 cm³/mol. The molecule has 0 bridgehead atoms. The average Bonchev–Trinajstić information content (AvgIpc) is 2.62. The molecule has 0 aliphatic heterocycles. The molecule has 13 heavy (non-hydrogen) atoms. The smallest absolute Gasteiger partial charge is 0.0949 e. The van der Waals surface area contributed by atoms with Crippen molar-refractivity contribution < 1.29 is 0 Å². The lowest BCUT2D eigenvalue weighted by atomic mass is 10.2. The van der Waals surface area contributed by atoms with Crippen LogP contribution >= 0.6 is 0 Å². The number of rotatable bonds is 2. The van der Waals surface area contributed by atoms with Crippen LogP contribution in [0.4, 0.5) is 5.69 Å². The number of nitrogens with two attached hydrogens (primary N) is 1. The Labute approximate surface area is 76.8 Å². The molecule has 0 saturated heterocycles. The van der Waals surface area contributed by atoms with Crippen LogP contribution in [0.3, 0.4) is 0 Å². The number of benzene rings is 1. The Balaban J connectivity index is 2.15. The van der Waals surface area contributed by atoms with Gasteiger partial charge in [0.1, 0.15) is 0 Å². The molecule has 0 aliphatic rings. The van der Waals surface area contributed by atoms with Crippen LogP contribution in [0.15, 0.2) is 43.0 Å². The van der Waals surface area contributed by atoms with Gasteiger partial charge in [0.25, 0.3) is 0 Å². The summed E-state index contributed by atoms with van der Waals surface area (Å²) < 4.78 is 2.02. The summed E-state index contributed by atoms with van der Waals surface area (Å²) in [6, 6.07) is 7.86. The maximum Gasteiger partial charge on any atom is 0.0949 e. The molecule has 66 valence electrons. The Kier molecular flexibility index (Phi) is 2.00. The summed E-state index contributed by atoms with van der Waals surface area (Å²) in [5.74, 6) is 0. The van der Waals surface area contributed by atoms with Crippen molar-refractivity contribution in [3.05, 3.63) is 48.5 Å². The molecule has 1 aromatic carbocycles. The third kappa shape index (κ3) is 1.87. The first-order valence-corrected chi connectivity index (χ1v) is 4.15. The van der Waals surface area contributed by atoms with Gasteiger partial charge in [0.05, 0.1) is 6.33 Å². The molecule has 2 aromatic rings. The minimum Gasteiger partial charge on any atom is -0.399 e. The van der Waals surface area contributed by atoms with E-state index in [1.807, 2.05) is 35.0 Å². The summed E-state index contributed by atoms with van der Waals surface area (Å²) in [6.45, 7) is 0.847. The number of imidazole rings is 1. The second kappa shape index (κ2) is 3.31. The van der Waals surface area contributed by atoms with Gasteiger partial charge >= 0.3 is 0 Å². The van der Waals surface area contributed by atoms with Gasteiger partial charge in [-0.3, -0.25) is 0 Å². The summed E-state index contributed by atoms with van der Waals surface area (Å²) in [4.78, 5) is 3.97. The van der Waals surface area contributed by atoms with E-state index in [4.69, 9.17) is 5.73 Å². The molecule has 0 atom stereocenters. The molecule has 2 rings (SSSR count). The van der Waals surface area contributed by atoms with Crippen LogP contribution in [-0.4, -0.2) is 9.55 Å². The first-order valence-electron chi connectivity index (χ1n) is 4.15. The van der Waals surface area contributed by atoms with Crippen LogP contribution < -0.4 is 5.73 Å². The monoisotopic (exact) mass is 173 g/mol. The van der Waals surface area contributed by atoms with Crippen molar-refractivity contribution in [3.8, 4) is 0 Å². The number of nitrogens with zero attached hydrogens (tertiary/aromatic N) is 2. The van der Waals surface area contributed by atoms with Crippen LogP contribution in [-0.2, 0) is 6.54 Å². The highest BCUT2D eigenvalue weighted by molar-refractivity contribution is 5.39. The van der Waals surface area contributed by atoms with Crippen molar-refractivity contribution in [3.63, 3.8) is 0 Å². The van der Waals surface area contributed by atoms with Crippen molar-refractivity contribution in [2.45, 2.75) is 6.54 Å². The third-order valence-corrected chi connectivity index (χ3v) is 1.90. The van der Waals surface area contributed by atoms with Crippen molar-refractivity contribution >= 4 is 5.69 Å². The van der Waals surface area contributed by atoms with Crippen LogP contribution in [0, 0.1) is 0 Å². The Morgan fingerprint density at radius 3 is 2.62 bits per heavy atom. The second-order valence-electron chi connectivity index (χ2n) is 2.98. The molecular weight excluding hydrogens is 162 g/mol. The third-order valence-electron chi connectivity index (χ3n) is 1.90. The topological polar surface area (TPSA) is 43.8 Å². The molecular formula is C10H11N3. The number of nitrogen functional groups attached to an aromatic ring is 1. The normalized spacial score (nSPS) is 10.2. The van der Waals surface area contributed by atoms with Crippen molar-refractivity contribution in [1.29, 1.82) is 0 Å². The maximum atomic E-state index is 5.58. The van der Waals surface area contributed by atoms with E-state index in [0.29, 0.717) is 0 Å². The Morgan fingerprint density at radius 1 is 1.23 bits per heavy atom. The zero-order chi connectivity index (χ0) is 9.10. The number of aromatic nitrogens is 2. The highest BCUT2D eigenvalue weighted by Gasteiger charge is 1.93.